The van der Waals surface area contributed by atoms with Crippen molar-refractivity contribution in [2.75, 3.05) is 13.7 Å². The minimum atomic E-state index is -0.860. The van der Waals surface area contributed by atoms with E-state index in [-0.39, 0.29) is 19.1 Å². The maximum Gasteiger partial charge on any atom is 0.408 e. The van der Waals surface area contributed by atoms with Gasteiger partial charge in [0.2, 0.25) is 0 Å². The summed E-state index contributed by atoms with van der Waals surface area (Å²) in [4.78, 5) is 23.8. The van der Waals surface area contributed by atoms with E-state index in [9.17, 15) is 9.59 Å². The monoisotopic (exact) mass is 337 g/mol. The van der Waals surface area contributed by atoms with Gasteiger partial charge in [-0.05, 0) is 19.4 Å². The first kappa shape index (κ1) is 18.2. The number of ether oxygens (including phenoxy) is 4. The molecule has 0 bridgehead atoms. The molecule has 1 aromatic rings. The number of carbonyl (C=O) groups excluding carboxylic acids is 2. The lowest BCUT2D eigenvalue weighted by atomic mass is 10.1. The Kier molecular flexibility index (Phi) is 6.16. The summed E-state index contributed by atoms with van der Waals surface area (Å²) in [5.41, 5.74) is 0.858. The van der Waals surface area contributed by atoms with E-state index >= 15 is 0 Å². The van der Waals surface area contributed by atoms with Crippen LogP contribution < -0.4 is 5.32 Å². The van der Waals surface area contributed by atoms with Gasteiger partial charge in [0.15, 0.2) is 5.79 Å². The molecule has 1 aromatic carbocycles. The average Bonchev–Trinajstić information content (AvgIpc) is 2.91. The van der Waals surface area contributed by atoms with Crippen molar-refractivity contribution in [1.82, 2.24) is 5.32 Å². The Morgan fingerprint density at radius 1 is 1.33 bits per heavy atom. The van der Waals surface area contributed by atoms with Crippen LogP contribution in [0.2, 0.25) is 0 Å². The minimum Gasteiger partial charge on any atom is -0.467 e. The Bertz CT molecular complexity index is 559. The number of rotatable bonds is 6. The standard InChI is InChI=1S/C17H23NO6/c1-17(2)23-11-13(24-17)9-14(15(19)21-3)18-16(20)22-10-12-7-5-4-6-8-12/h4-8,13-14H,9-11H2,1-3H3,(H,18,20)/t13-,14+/m1/s1. The van der Waals surface area contributed by atoms with Crippen molar-refractivity contribution in [2.24, 2.45) is 0 Å². The maximum absolute atomic E-state index is 11.9. The number of amides is 1. The topological polar surface area (TPSA) is 83.1 Å². The van der Waals surface area contributed by atoms with E-state index in [1.54, 1.807) is 13.8 Å². The summed E-state index contributed by atoms with van der Waals surface area (Å²) in [5, 5.41) is 2.52. The Hall–Kier alpha value is -2.12. The quantitative estimate of drug-likeness (QED) is 0.800. The molecule has 132 valence electrons. The molecule has 7 nitrogen and oxygen atoms in total. The van der Waals surface area contributed by atoms with Crippen molar-refractivity contribution in [3.63, 3.8) is 0 Å². The van der Waals surface area contributed by atoms with E-state index in [0.29, 0.717) is 6.61 Å². The van der Waals surface area contributed by atoms with Crippen molar-refractivity contribution in [3.8, 4) is 0 Å². The van der Waals surface area contributed by atoms with Crippen LogP contribution in [0.3, 0.4) is 0 Å². The molecule has 0 aliphatic carbocycles. The Morgan fingerprint density at radius 2 is 2.04 bits per heavy atom. The van der Waals surface area contributed by atoms with Gasteiger partial charge in [0, 0.05) is 6.42 Å². The molecule has 1 aliphatic heterocycles. The van der Waals surface area contributed by atoms with Crippen molar-refractivity contribution < 1.29 is 28.5 Å². The predicted octanol–water partition coefficient (Wildman–Crippen LogP) is 2.00. The largest absolute Gasteiger partial charge is 0.467 e. The van der Waals surface area contributed by atoms with E-state index in [4.69, 9.17) is 18.9 Å². The number of esters is 1. The lowest BCUT2D eigenvalue weighted by Gasteiger charge is -2.21. The van der Waals surface area contributed by atoms with Gasteiger partial charge in [0.05, 0.1) is 19.8 Å². The molecule has 1 fully saturated rings. The highest BCUT2D eigenvalue weighted by Crippen LogP contribution is 2.25. The van der Waals surface area contributed by atoms with Crippen molar-refractivity contribution in [1.29, 1.82) is 0 Å². The second-order valence-electron chi connectivity index (χ2n) is 5.97. The highest BCUT2D eigenvalue weighted by atomic mass is 16.7. The van der Waals surface area contributed by atoms with Crippen LogP contribution in [-0.2, 0) is 30.3 Å². The van der Waals surface area contributed by atoms with Crippen LogP contribution >= 0.6 is 0 Å². The number of carbonyl (C=O) groups is 2. The third kappa shape index (κ3) is 5.50. The van der Waals surface area contributed by atoms with Gasteiger partial charge in [-0.3, -0.25) is 0 Å². The summed E-state index contributed by atoms with van der Waals surface area (Å²) >= 11 is 0. The number of benzene rings is 1. The number of hydrogen-bond donors (Lipinski definition) is 1. The Balaban J connectivity index is 1.86. The summed E-state index contributed by atoms with van der Waals surface area (Å²) in [6.07, 6.45) is -0.748. The van der Waals surface area contributed by atoms with E-state index in [1.807, 2.05) is 30.3 Å². The van der Waals surface area contributed by atoms with Gasteiger partial charge < -0.3 is 24.3 Å². The first-order valence-electron chi connectivity index (χ1n) is 7.76. The van der Waals surface area contributed by atoms with Crippen LogP contribution in [0.25, 0.3) is 0 Å². The number of methoxy groups -OCH3 is 1. The summed E-state index contributed by atoms with van der Waals surface area (Å²) in [7, 11) is 1.27. The molecule has 1 N–H and O–H groups in total. The number of alkyl carbamates (subject to hydrolysis) is 1. The average molecular weight is 337 g/mol. The van der Waals surface area contributed by atoms with Gasteiger partial charge in [-0.15, -0.1) is 0 Å². The molecule has 1 amide bonds. The molecule has 2 atom stereocenters. The molecule has 0 aromatic heterocycles. The predicted molar refractivity (Wildman–Crippen MR) is 85.1 cm³/mol. The third-order valence-electron chi connectivity index (χ3n) is 3.56. The first-order chi connectivity index (χ1) is 11.4. The third-order valence-corrected chi connectivity index (χ3v) is 3.56. The molecular weight excluding hydrogens is 314 g/mol. The molecule has 0 radical (unpaired) electrons. The highest BCUT2D eigenvalue weighted by Gasteiger charge is 2.36. The van der Waals surface area contributed by atoms with Gasteiger partial charge in [0.1, 0.15) is 12.6 Å². The van der Waals surface area contributed by atoms with Gasteiger partial charge in [-0.25, -0.2) is 9.59 Å². The maximum atomic E-state index is 11.9. The molecule has 0 spiro atoms. The van der Waals surface area contributed by atoms with Crippen molar-refractivity contribution in [3.05, 3.63) is 35.9 Å². The van der Waals surface area contributed by atoms with Crippen molar-refractivity contribution in [2.45, 2.75) is 44.8 Å². The lowest BCUT2D eigenvalue weighted by Crippen LogP contribution is -2.44. The summed E-state index contributed by atoms with van der Waals surface area (Å²) in [6, 6.07) is 8.41. The van der Waals surface area contributed by atoms with Crippen LogP contribution in [-0.4, -0.2) is 43.7 Å². The molecular formula is C17H23NO6. The van der Waals surface area contributed by atoms with Crippen LogP contribution in [0.5, 0.6) is 0 Å². The summed E-state index contributed by atoms with van der Waals surface area (Å²) < 4.78 is 21.0. The van der Waals surface area contributed by atoms with Crippen LogP contribution in [0.1, 0.15) is 25.8 Å². The molecule has 0 saturated carbocycles. The minimum absolute atomic E-state index is 0.122. The van der Waals surface area contributed by atoms with Crippen LogP contribution in [0.4, 0.5) is 4.79 Å². The summed E-state index contributed by atoms with van der Waals surface area (Å²) in [6.45, 7) is 4.06. The fraction of sp³-hybridized carbons (Fsp3) is 0.529. The molecule has 1 heterocycles. The van der Waals surface area contributed by atoms with E-state index < -0.39 is 23.9 Å². The normalized spacial score (nSPS) is 20.2. The number of hydrogen-bond acceptors (Lipinski definition) is 6. The fourth-order valence-electron chi connectivity index (χ4n) is 2.41. The van der Waals surface area contributed by atoms with Gasteiger partial charge in [0.25, 0.3) is 0 Å². The zero-order valence-corrected chi connectivity index (χ0v) is 14.1. The number of nitrogens with one attached hydrogen (secondary N) is 1. The fourth-order valence-corrected chi connectivity index (χ4v) is 2.41. The molecule has 2 rings (SSSR count). The van der Waals surface area contributed by atoms with E-state index in [0.717, 1.165) is 5.56 Å². The van der Waals surface area contributed by atoms with E-state index in [1.165, 1.54) is 7.11 Å². The molecule has 0 unspecified atom stereocenters. The summed E-state index contributed by atoms with van der Waals surface area (Å²) in [5.74, 6) is -1.25. The zero-order valence-electron chi connectivity index (χ0n) is 14.1. The van der Waals surface area contributed by atoms with Gasteiger partial charge >= 0.3 is 12.1 Å². The molecule has 7 heteroatoms. The Labute approximate surface area is 141 Å². The second-order valence-corrected chi connectivity index (χ2v) is 5.97. The first-order valence-corrected chi connectivity index (χ1v) is 7.76. The van der Waals surface area contributed by atoms with Crippen LogP contribution in [0.15, 0.2) is 30.3 Å². The second kappa shape index (κ2) is 8.12. The van der Waals surface area contributed by atoms with Gasteiger partial charge in [-0.1, -0.05) is 30.3 Å². The molecule has 1 aliphatic rings. The zero-order chi connectivity index (χ0) is 17.6. The van der Waals surface area contributed by atoms with E-state index in [2.05, 4.69) is 5.32 Å². The Morgan fingerprint density at radius 3 is 2.62 bits per heavy atom. The SMILES string of the molecule is COC(=O)[C@H](C[C@@H]1COC(C)(C)O1)NC(=O)OCc1ccccc1. The lowest BCUT2D eigenvalue weighted by molar-refractivity contribution is -0.149. The highest BCUT2D eigenvalue weighted by molar-refractivity contribution is 5.81. The molecule has 1 saturated heterocycles. The smallest absolute Gasteiger partial charge is 0.408 e. The van der Waals surface area contributed by atoms with Crippen LogP contribution in [0, 0.1) is 0 Å². The molecule has 24 heavy (non-hydrogen) atoms. The van der Waals surface area contributed by atoms with Gasteiger partial charge in [-0.2, -0.15) is 0 Å². The van der Waals surface area contributed by atoms with Crippen molar-refractivity contribution >= 4 is 12.1 Å².